The second-order valence-corrected chi connectivity index (χ2v) is 3.01. The van der Waals surface area contributed by atoms with Crippen molar-refractivity contribution in [3.8, 4) is 0 Å². The Bertz CT molecular complexity index is 134. The summed E-state index contributed by atoms with van der Waals surface area (Å²) < 4.78 is 17.7. The molecule has 0 heterocycles. The van der Waals surface area contributed by atoms with Crippen molar-refractivity contribution < 1.29 is 89.9 Å². The standard InChI is InChI=1S/K.H3N.2H3O4P.H2S/c;;2*1-5(2,3)4;/h;1H3;2*(H3,1,2,3,4);1H2/q+1;;;;/p-1. The summed E-state index contributed by atoms with van der Waals surface area (Å²) in [4.78, 5) is 44.5. The van der Waals surface area contributed by atoms with Gasteiger partial charge < -0.3 is 35.5 Å². The maximum Gasteiger partial charge on any atom is 1.00 e. The quantitative estimate of drug-likeness (QED) is 0.186. The van der Waals surface area contributed by atoms with E-state index < -0.39 is 15.6 Å². The Morgan fingerprint density at radius 1 is 0.923 bits per heavy atom. The Kier molecular flexibility index (Phi) is 27.7. The first-order valence-electron chi connectivity index (χ1n) is 1.55. The van der Waals surface area contributed by atoms with Crippen LogP contribution in [0.1, 0.15) is 0 Å². The third-order valence-corrected chi connectivity index (χ3v) is 0. The normalized spacial score (nSPS) is 9.08. The van der Waals surface area contributed by atoms with Gasteiger partial charge in [0.25, 0.3) is 7.82 Å². The zero-order valence-corrected chi connectivity index (χ0v) is 12.5. The molecule has 80 valence electrons. The van der Waals surface area contributed by atoms with Gasteiger partial charge in [-0.05, 0) is 0 Å². The number of hydrogen-bond acceptors (Lipinski definition) is 4. The van der Waals surface area contributed by atoms with Crippen LogP contribution in [0.25, 0.3) is 0 Å². The number of rotatable bonds is 0. The SMILES string of the molecule is N.O=P(O)(O)O.O=P([O-])(O)O.S.[K+]. The van der Waals surface area contributed by atoms with Crippen molar-refractivity contribution in [3.63, 3.8) is 0 Å². The average Bonchev–Trinajstić information content (AvgIpc) is 1.12. The maximum atomic E-state index is 8.88. The van der Waals surface area contributed by atoms with Gasteiger partial charge in [-0.25, -0.2) is 4.57 Å². The Hall–Kier alpha value is 2.17. The molecule has 13 heavy (non-hydrogen) atoms. The van der Waals surface area contributed by atoms with Gasteiger partial charge in [-0.2, -0.15) is 13.5 Å². The minimum atomic E-state index is -4.89. The van der Waals surface area contributed by atoms with E-state index in [2.05, 4.69) is 0 Å². The van der Waals surface area contributed by atoms with Crippen molar-refractivity contribution in [2.24, 2.45) is 0 Å². The summed E-state index contributed by atoms with van der Waals surface area (Å²) in [7, 11) is -9.53. The topological polar surface area (TPSA) is 193 Å². The molecule has 0 aliphatic carbocycles. The van der Waals surface area contributed by atoms with E-state index >= 15 is 0 Å². The molecule has 0 aliphatic rings. The van der Waals surface area contributed by atoms with Gasteiger partial charge in [0.05, 0.1) is 0 Å². The molecule has 9 nitrogen and oxygen atoms in total. The Balaban J connectivity index is -0.0000000267. The first kappa shape index (κ1) is 29.4. The van der Waals surface area contributed by atoms with Crippen molar-refractivity contribution >= 4 is 29.1 Å². The molecule has 0 saturated heterocycles. The second-order valence-electron chi connectivity index (χ2n) is 1.00. The van der Waals surface area contributed by atoms with Crippen LogP contribution in [-0.2, 0) is 9.13 Å². The summed E-state index contributed by atoms with van der Waals surface area (Å²) in [5.41, 5.74) is 0. The molecule has 0 amide bonds. The zero-order valence-electron chi connectivity index (χ0n) is 6.56. The van der Waals surface area contributed by atoms with Gasteiger partial charge in [0, 0.05) is 0 Å². The van der Waals surface area contributed by atoms with Crippen LogP contribution in [0.3, 0.4) is 0 Å². The van der Waals surface area contributed by atoms with Gasteiger partial charge in [-0.15, -0.1) is 0 Å². The number of hydrogen-bond donors (Lipinski definition) is 6. The first-order valence-corrected chi connectivity index (χ1v) is 4.64. The summed E-state index contributed by atoms with van der Waals surface area (Å²) in [6, 6.07) is 0. The molecule has 0 bridgehead atoms. The maximum absolute atomic E-state index is 8.88. The Morgan fingerprint density at radius 2 is 0.923 bits per heavy atom. The van der Waals surface area contributed by atoms with E-state index in [1.165, 1.54) is 0 Å². The molecular formula is H10KNO8P2S. The average molecular weight is 285 g/mol. The van der Waals surface area contributed by atoms with E-state index in [0.29, 0.717) is 0 Å². The minimum absolute atomic E-state index is 0. The molecule has 13 heteroatoms. The monoisotopic (exact) mass is 285 g/mol. The molecule has 0 unspecified atom stereocenters. The van der Waals surface area contributed by atoms with Crippen molar-refractivity contribution in [2.45, 2.75) is 0 Å². The summed E-state index contributed by atoms with van der Waals surface area (Å²) in [6.07, 6.45) is 0. The fourth-order valence-electron chi connectivity index (χ4n) is 0. The third kappa shape index (κ3) is 447. The fourth-order valence-corrected chi connectivity index (χ4v) is 0. The molecule has 0 aromatic rings. The van der Waals surface area contributed by atoms with Gasteiger partial charge in [0.1, 0.15) is 0 Å². The largest absolute Gasteiger partial charge is 1.00 e. The summed E-state index contributed by atoms with van der Waals surface area (Å²) in [5, 5.41) is 0. The second kappa shape index (κ2) is 12.2. The first-order chi connectivity index (χ1) is 4.00. The summed E-state index contributed by atoms with van der Waals surface area (Å²) in [5.74, 6) is 0. The van der Waals surface area contributed by atoms with E-state index in [4.69, 9.17) is 38.5 Å². The van der Waals surface area contributed by atoms with Crippen LogP contribution in [0.4, 0.5) is 0 Å². The van der Waals surface area contributed by atoms with E-state index in [-0.39, 0.29) is 71.0 Å². The number of phosphoric acid groups is 2. The van der Waals surface area contributed by atoms with Crippen LogP contribution in [0.5, 0.6) is 0 Å². The fraction of sp³-hybridized carbons (Fsp3) is 0. The van der Waals surface area contributed by atoms with Crippen molar-refractivity contribution in [1.29, 1.82) is 0 Å². The van der Waals surface area contributed by atoms with Gasteiger partial charge in [0.2, 0.25) is 0 Å². The molecule has 0 atom stereocenters. The zero-order chi connectivity index (χ0) is 9.00. The molecule has 0 fully saturated rings. The van der Waals surface area contributed by atoms with Gasteiger partial charge in [0.15, 0.2) is 0 Å². The van der Waals surface area contributed by atoms with Gasteiger partial charge in [-0.1, -0.05) is 0 Å². The van der Waals surface area contributed by atoms with E-state index in [9.17, 15) is 0 Å². The van der Waals surface area contributed by atoms with E-state index in [1.807, 2.05) is 0 Å². The molecule has 0 aliphatic heterocycles. The molecule has 0 aromatic heterocycles. The minimum Gasteiger partial charge on any atom is -0.756 e. The molecule has 0 aromatic carbocycles. The van der Waals surface area contributed by atoms with Crippen LogP contribution in [-0.4, -0.2) is 24.5 Å². The van der Waals surface area contributed by atoms with Crippen molar-refractivity contribution in [2.75, 3.05) is 0 Å². The molecule has 0 saturated carbocycles. The molecular weight excluding hydrogens is 275 g/mol. The summed E-state index contributed by atoms with van der Waals surface area (Å²) in [6.45, 7) is 0. The van der Waals surface area contributed by atoms with E-state index in [1.54, 1.807) is 0 Å². The summed E-state index contributed by atoms with van der Waals surface area (Å²) >= 11 is 0. The van der Waals surface area contributed by atoms with Crippen molar-refractivity contribution in [3.05, 3.63) is 0 Å². The third-order valence-electron chi connectivity index (χ3n) is 0. The Labute approximate surface area is 123 Å². The molecule has 0 radical (unpaired) electrons. The van der Waals surface area contributed by atoms with Gasteiger partial charge in [-0.3, -0.25) is 4.57 Å². The predicted octanol–water partition coefficient (Wildman–Crippen LogP) is -5.21. The Morgan fingerprint density at radius 3 is 0.923 bits per heavy atom. The van der Waals surface area contributed by atoms with Crippen LogP contribution < -0.4 is 62.4 Å². The molecule has 0 rings (SSSR count). The smallest absolute Gasteiger partial charge is 0.756 e. The van der Waals surface area contributed by atoms with Crippen LogP contribution in [0.2, 0.25) is 0 Å². The van der Waals surface area contributed by atoms with Crippen LogP contribution >= 0.6 is 29.1 Å². The predicted molar refractivity (Wildman–Crippen MR) is 41.7 cm³/mol. The molecule has 8 N–H and O–H groups in total. The van der Waals surface area contributed by atoms with Crippen LogP contribution in [0.15, 0.2) is 0 Å². The van der Waals surface area contributed by atoms with Gasteiger partial charge >= 0.3 is 59.2 Å². The molecule has 0 spiro atoms. The van der Waals surface area contributed by atoms with Crippen molar-refractivity contribution in [1.82, 2.24) is 6.15 Å². The van der Waals surface area contributed by atoms with Crippen LogP contribution in [0, 0.1) is 0 Å². The van der Waals surface area contributed by atoms with E-state index in [0.717, 1.165) is 0 Å².